The minimum absolute atomic E-state index is 0.572. The second-order valence-corrected chi connectivity index (χ2v) is 7.73. The first-order chi connectivity index (χ1) is 13.6. The minimum Gasteiger partial charge on any atom is -0.356 e. The Labute approximate surface area is 170 Å². The summed E-state index contributed by atoms with van der Waals surface area (Å²) in [6, 6.07) is 4.38. The number of hydrogen-bond acceptors (Lipinski definition) is 7. The van der Waals surface area contributed by atoms with E-state index in [4.69, 9.17) is 11.6 Å². The third kappa shape index (κ3) is 3.45. The predicted octanol–water partition coefficient (Wildman–Crippen LogP) is 2.94. The molecule has 0 atom stereocenters. The van der Waals surface area contributed by atoms with Gasteiger partial charge in [-0.05, 0) is 32.3 Å². The van der Waals surface area contributed by atoms with Crippen molar-refractivity contribution in [2.24, 2.45) is 0 Å². The molecular formula is C20H24ClN7. The molecule has 2 aliphatic rings. The van der Waals surface area contributed by atoms with E-state index in [-0.39, 0.29) is 0 Å². The SMILES string of the molecule is Cc1nc(N2CCN(c3cc(N4CCCC4)ncn3)CC2)c(C#N)c(C)c1Cl. The second kappa shape index (κ2) is 7.80. The average molecular weight is 398 g/mol. The van der Waals surface area contributed by atoms with Crippen molar-refractivity contribution in [2.45, 2.75) is 26.7 Å². The van der Waals surface area contributed by atoms with Gasteiger partial charge in [0.25, 0.3) is 0 Å². The number of aryl methyl sites for hydroxylation is 1. The molecule has 2 aromatic rings. The highest BCUT2D eigenvalue weighted by Gasteiger charge is 2.24. The van der Waals surface area contributed by atoms with Gasteiger partial charge in [-0.25, -0.2) is 15.0 Å². The topological polar surface area (TPSA) is 72.2 Å². The van der Waals surface area contributed by atoms with Crippen molar-refractivity contribution in [3.63, 3.8) is 0 Å². The summed E-state index contributed by atoms with van der Waals surface area (Å²) in [4.78, 5) is 20.3. The van der Waals surface area contributed by atoms with Crippen LogP contribution in [-0.4, -0.2) is 54.2 Å². The molecule has 0 unspecified atom stereocenters. The van der Waals surface area contributed by atoms with Crippen LogP contribution in [0.1, 0.15) is 29.7 Å². The fourth-order valence-electron chi connectivity index (χ4n) is 3.95. The Morgan fingerprint density at radius 2 is 1.50 bits per heavy atom. The van der Waals surface area contributed by atoms with E-state index in [1.807, 2.05) is 13.8 Å². The fraction of sp³-hybridized carbons (Fsp3) is 0.500. The van der Waals surface area contributed by atoms with Crippen LogP contribution < -0.4 is 14.7 Å². The largest absolute Gasteiger partial charge is 0.356 e. The van der Waals surface area contributed by atoms with Gasteiger partial charge in [-0.15, -0.1) is 0 Å². The number of aromatic nitrogens is 3. The van der Waals surface area contributed by atoms with Gasteiger partial charge in [-0.2, -0.15) is 5.26 Å². The number of pyridine rings is 1. The minimum atomic E-state index is 0.572. The van der Waals surface area contributed by atoms with Crippen molar-refractivity contribution in [3.05, 3.63) is 34.2 Å². The zero-order valence-electron chi connectivity index (χ0n) is 16.3. The molecule has 146 valence electrons. The number of nitriles is 1. The highest BCUT2D eigenvalue weighted by Crippen LogP contribution is 2.30. The molecule has 0 radical (unpaired) electrons. The third-order valence-electron chi connectivity index (χ3n) is 5.60. The van der Waals surface area contributed by atoms with Gasteiger partial charge < -0.3 is 14.7 Å². The first kappa shape index (κ1) is 18.8. The first-order valence-electron chi connectivity index (χ1n) is 9.72. The molecule has 0 aromatic carbocycles. The lowest BCUT2D eigenvalue weighted by Gasteiger charge is -2.37. The molecule has 0 bridgehead atoms. The van der Waals surface area contributed by atoms with E-state index < -0.39 is 0 Å². The lowest BCUT2D eigenvalue weighted by Crippen LogP contribution is -2.47. The number of rotatable bonds is 3. The van der Waals surface area contributed by atoms with E-state index >= 15 is 0 Å². The number of anilines is 3. The summed E-state index contributed by atoms with van der Waals surface area (Å²) < 4.78 is 0. The predicted molar refractivity (Wildman–Crippen MR) is 111 cm³/mol. The summed E-state index contributed by atoms with van der Waals surface area (Å²) in [5, 5.41) is 10.2. The molecule has 0 saturated carbocycles. The van der Waals surface area contributed by atoms with Gasteiger partial charge in [0.1, 0.15) is 29.9 Å². The van der Waals surface area contributed by atoms with Gasteiger partial charge in [0.15, 0.2) is 0 Å². The van der Waals surface area contributed by atoms with Crippen LogP contribution in [0, 0.1) is 25.2 Å². The molecule has 8 heteroatoms. The van der Waals surface area contributed by atoms with Crippen LogP contribution in [0.5, 0.6) is 0 Å². The average Bonchev–Trinajstić information content (AvgIpc) is 3.27. The Bertz CT molecular complexity index is 910. The normalized spacial score (nSPS) is 17.1. The van der Waals surface area contributed by atoms with Gasteiger partial charge in [-0.1, -0.05) is 11.6 Å². The Kier molecular flexibility index (Phi) is 5.23. The van der Waals surface area contributed by atoms with Crippen LogP contribution in [0.2, 0.25) is 5.02 Å². The van der Waals surface area contributed by atoms with Gasteiger partial charge in [-0.3, -0.25) is 0 Å². The second-order valence-electron chi connectivity index (χ2n) is 7.35. The molecule has 4 heterocycles. The van der Waals surface area contributed by atoms with Gasteiger partial charge in [0.2, 0.25) is 0 Å². The molecule has 2 aromatic heterocycles. The smallest absolute Gasteiger partial charge is 0.147 e. The number of halogens is 1. The summed E-state index contributed by atoms with van der Waals surface area (Å²) in [5.74, 6) is 2.72. The Morgan fingerprint density at radius 1 is 0.929 bits per heavy atom. The van der Waals surface area contributed by atoms with E-state index in [1.54, 1.807) is 6.33 Å². The summed E-state index contributed by atoms with van der Waals surface area (Å²) in [5.41, 5.74) is 2.14. The maximum Gasteiger partial charge on any atom is 0.147 e. The van der Waals surface area contributed by atoms with Crippen molar-refractivity contribution in [3.8, 4) is 6.07 Å². The summed E-state index contributed by atoms with van der Waals surface area (Å²) >= 11 is 6.29. The standard InChI is InChI=1S/C20H24ClN7/c1-14-16(12-22)20(25-15(2)19(14)21)28-9-7-27(8-10-28)18-11-17(23-13-24-18)26-5-3-4-6-26/h11,13H,3-10H2,1-2H3. The molecule has 0 spiro atoms. The van der Waals surface area contributed by atoms with Crippen molar-refractivity contribution >= 4 is 29.1 Å². The highest BCUT2D eigenvalue weighted by molar-refractivity contribution is 6.32. The lowest BCUT2D eigenvalue weighted by atomic mass is 10.1. The molecular weight excluding hydrogens is 374 g/mol. The molecule has 0 N–H and O–H groups in total. The van der Waals surface area contributed by atoms with Crippen molar-refractivity contribution in [2.75, 3.05) is 54.0 Å². The summed E-state index contributed by atoms with van der Waals surface area (Å²) in [6.07, 6.45) is 4.12. The molecule has 0 aliphatic carbocycles. The number of piperazine rings is 1. The van der Waals surface area contributed by atoms with Crippen molar-refractivity contribution in [1.82, 2.24) is 15.0 Å². The molecule has 2 fully saturated rings. The summed E-state index contributed by atoms with van der Waals surface area (Å²) in [7, 11) is 0. The van der Waals surface area contributed by atoms with E-state index in [0.717, 1.165) is 68.0 Å². The third-order valence-corrected chi connectivity index (χ3v) is 6.16. The number of hydrogen-bond donors (Lipinski definition) is 0. The Morgan fingerprint density at radius 3 is 2.11 bits per heavy atom. The van der Waals surface area contributed by atoms with Crippen molar-refractivity contribution < 1.29 is 0 Å². The van der Waals surface area contributed by atoms with Crippen LogP contribution in [-0.2, 0) is 0 Å². The fourth-order valence-corrected chi connectivity index (χ4v) is 4.09. The first-order valence-corrected chi connectivity index (χ1v) is 10.1. The van der Waals surface area contributed by atoms with Crippen LogP contribution in [0.25, 0.3) is 0 Å². The maximum atomic E-state index is 9.60. The van der Waals surface area contributed by atoms with Crippen LogP contribution in [0.3, 0.4) is 0 Å². The molecule has 7 nitrogen and oxygen atoms in total. The summed E-state index contributed by atoms with van der Waals surface area (Å²) in [6.45, 7) is 9.13. The van der Waals surface area contributed by atoms with Gasteiger partial charge in [0.05, 0.1) is 16.3 Å². The van der Waals surface area contributed by atoms with Gasteiger partial charge >= 0.3 is 0 Å². The van der Waals surface area contributed by atoms with Crippen molar-refractivity contribution in [1.29, 1.82) is 5.26 Å². The monoisotopic (exact) mass is 397 g/mol. The molecule has 4 rings (SSSR count). The Balaban J connectivity index is 1.50. The van der Waals surface area contributed by atoms with E-state index in [9.17, 15) is 5.26 Å². The van der Waals surface area contributed by atoms with Crippen LogP contribution >= 0.6 is 11.6 Å². The van der Waals surface area contributed by atoms with Gasteiger partial charge in [0, 0.05) is 45.3 Å². The molecule has 2 aliphatic heterocycles. The zero-order valence-corrected chi connectivity index (χ0v) is 17.1. The Hall–Kier alpha value is -2.59. The highest BCUT2D eigenvalue weighted by atomic mass is 35.5. The molecule has 2 saturated heterocycles. The molecule has 0 amide bonds. The quantitative estimate of drug-likeness (QED) is 0.788. The number of nitrogens with zero attached hydrogens (tertiary/aromatic N) is 7. The zero-order chi connectivity index (χ0) is 19.7. The lowest BCUT2D eigenvalue weighted by molar-refractivity contribution is 0.639. The van der Waals surface area contributed by atoms with Crippen LogP contribution in [0.15, 0.2) is 12.4 Å². The maximum absolute atomic E-state index is 9.60. The van der Waals surface area contributed by atoms with E-state index in [2.05, 4.69) is 41.8 Å². The molecule has 28 heavy (non-hydrogen) atoms. The van der Waals surface area contributed by atoms with Crippen LogP contribution in [0.4, 0.5) is 17.5 Å². The van der Waals surface area contributed by atoms with E-state index in [1.165, 1.54) is 12.8 Å². The van der Waals surface area contributed by atoms with E-state index in [0.29, 0.717) is 10.6 Å².